The molecule has 0 saturated heterocycles. The van der Waals surface area contributed by atoms with Crippen molar-refractivity contribution in [3.63, 3.8) is 0 Å². The van der Waals surface area contributed by atoms with Gasteiger partial charge in [0.2, 0.25) is 0 Å². The lowest BCUT2D eigenvalue weighted by molar-refractivity contribution is 0.537. The molecular formula is C14H18BrN3. The summed E-state index contributed by atoms with van der Waals surface area (Å²) in [5.74, 6) is 0. The smallest absolute Gasteiger partial charge is 0.114 e. The zero-order chi connectivity index (χ0) is 13.0. The molecule has 0 bridgehead atoms. The van der Waals surface area contributed by atoms with Crippen LogP contribution < -0.4 is 0 Å². The van der Waals surface area contributed by atoms with Crippen LogP contribution in [-0.2, 0) is 6.54 Å². The van der Waals surface area contributed by atoms with Crippen LogP contribution >= 0.6 is 15.9 Å². The molecule has 0 amide bonds. The maximum absolute atomic E-state index is 4.25. The number of benzene rings is 1. The van der Waals surface area contributed by atoms with Gasteiger partial charge in [-0.15, -0.1) is 5.10 Å². The van der Waals surface area contributed by atoms with Gasteiger partial charge in [0.05, 0.1) is 6.20 Å². The Morgan fingerprint density at radius 2 is 2.11 bits per heavy atom. The van der Waals surface area contributed by atoms with Crippen molar-refractivity contribution < 1.29 is 0 Å². The fraction of sp³-hybridized carbons (Fsp3) is 0.429. The Hall–Kier alpha value is -1.16. The zero-order valence-electron chi connectivity index (χ0n) is 10.9. The molecule has 0 spiro atoms. The van der Waals surface area contributed by atoms with Crippen LogP contribution in [0.2, 0.25) is 0 Å². The summed E-state index contributed by atoms with van der Waals surface area (Å²) in [6.07, 6.45) is 5.65. The van der Waals surface area contributed by atoms with Gasteiger partial charge in [0.1, 0.15) is 5.69 Å². The summed E-state index contributed by atoms with van der Waals surface area (Å²) >= 11 is 3.56. The quantitative estimate of drug-likeness (QED) is 0.775. The van der Waals surface area contributed by atoms with Gasteiger partial charge in [-0.1, -0.05) is 52.5 Å². The van der Waals surface area contributed by atoms with Crippen molar-refractivity contribution in [2.24, 2.45) is 0 Å². The Morgan fingerprint density at radius 1 is 1.28 bits per heavy atom. The third kappa shape index (κ3) is 3.19. The topological polar surface area (TPSA) is 30.7 Å². The summed E-state index contributed by atoms with van der Waals surface area (Å²) in [5, 5.41) is 8.43. The van der Waals surface area contributed by atoms with Gasteiger partial charge in [0.15, 0.2) is 0 Å². The van der Waals surface area contributed by atoms with Gasteiger partial charge in [-0.2, -0.15) is 0 Å². The first-order valence-corrected chi connectivity index (χ1v) is 7.16. The molecule has 0 saturated carbocycles. The second-order valence-corrected chi connectivity index (χ2v) is 5.41. The fourth-order valence-corrected chi connectivity index (χ4v) is 2.34. The van der Waals surface area contributed by atoms with Crippen LogP contribution in [-0.4, -0.2) is 15.0 Å². The molecule has 2 rings (SSSR count). The van der Waals surface area contributed by atoms with Gasteiger partial charge < -0.3 is 0 Å². The lowest BCUT2D eigenvalue weighted by atomic mass is 10.1. The van der Waals surface area contributed by atoms with Gasteiger partial charge in [-0.25, -0.2) is 0 Å². The van der Waals surface area contributed by atoms with E-state index in [9.17, 15) is 0 Å². The third-order valence-corrected chi connectivity index (χ3v) is 3.62. The van der Waals surface area contributed by atoms with Crippen molar-refractivity contribution in [2.75, 3.05) is 0 Å². The lowest BCUT2D eigenvalue weighted by Crippen LogP contribution is -1.98. The van der Waals surface area contributed by atoms with Crippen molar-refractivity contribution in [1.82, 2.24) is 15.0 Å². The second-order valence-electron chi connectivity index (χ2n) is 4.56. The van der Waals surface area contributed by atoms with Gasteiger partial charge in [0, 0.05) is 16.6 Å². The highest BCUT2D eigenvalue weighted by atomic mass is 79.9. The summed E-state index contributed by atoms with van der Waals surface area (Å²) in [4.78, 5) is 0. The predicted octanol–water partition coefficient (Wildman–Crippen LogP) is 4.21. The fourth-order valence-electron chi connectivity index (χ4n) is 1.89. The molecule has 96 valence electrons. The summed E-state index contributed by atoms with van der Waals surface area (Å²) in [5.41, 5.74) is 3.27. The summed E-state index contributed by atoms with van der Waals surface area (Å²) < 4.78 is 2.99. The number of hydrogen-bond acceptors (Lipinski definition) is 2. The minimum absolute atomic E-state index is 0.932. The number of nitrogens with zero attached hydrogens (tertiary/aromatic N) is 3. The lowest BCUT2D eigenvalue weighted by Gasteiger charge is -2.01. The van der Waals surface area contributed by atoms with E-state index in [2.05, 4.69) is 58.3 Å². The van der Waals surface area contributed by atoms with Crippen LogP contribution in [0.5, 0.6) is 0 Å². The number of unbranched alkanes of at least 4 members (excludes halogenated alkanes) is 2. The molecule has 1 aromatic carbocycles. The van der Waals surface area contributed by atoms with Crippen molar-refractivity contribution in [2.45, 2.75) is 39.7 Å². The molecule has 4 heteroatoms. The van der Waals surface area contributed by atoms with E-state index >= 15 is 0 Å². The molecule has 2 aromatic rings. The van der Waals surface area contributed by atoms with E-state index < -0.39 is 0 Å². The van der Waals surface area contributed by atoms with Crippen molar-refractivity contribution in [3.8, 4) is 11.3 Å². The zero-order valence-corrected chi connectivity index (χ0v) is 12.4. The Bertz CT molecular complexity index is 520. The molecule has 3 nitrogen and oxygen atoms in total. The first-order valence-electron chi connectivity index (χ1n) is 6.37. The standard InChI is InChI=1S/C14H18BrN3/c1-3-4-5-8-18-10-14(16-17-18)12-9-11(2)6-7-13(12)15/h6-7,9-10H,3-5,8H2,1-2H3. The van der Waals surface area contributed by atoms with E-state index in [1.54, 1.807) is 0 Å². The Balaban J connectivity index is 2.16. The number of hydrogen-bond donors (Lipinski definition) is 0. The van der Waals surface area contributed by atoms with Crippen LogP contribution in [0.3, 0.4) is 0 Å². The summed E-state index contributed by atoms with van der Waals surface area (Å²) in [7, 11) is 0. The molecule has 1 heterocycles. The second kappa shape index (κ2) is 6.14. The van der Waals surface area contributed by atoms with E-state index in [1.807, 2.05) is 10.9 Å². The molecule has 0 atom stereocenters. The highest BCUT2D eigenvalue weighted by Gasteiger charge is 2.07. The predicted molar refractivity (Wildman–Crippen MR) is 77.4 cm³/mol. The summed E-state index contributed by atoms with van der Waals surface area (Å²) in [6, 6.07) is 6.27. The maximum atomic E-state index is 4.25. The van der Waals surface area contributed by atoms with Crippen LogP contribution in [0, 0.1) is 6.92 Å². The molecule has 1 aromatic heterocycles. The number of aryl methyl sites for hydroxylation is 2. The van der Waals surface area contributed by atoms with Gasteiger partial charge in [0.25, 0.3) is 0 Å². The van der Waals surface area contributed by atoms with Crippen molar-refractivity contribution >= 4 is 15.9 Å². The molecular weight excluding hydrogens is 290 g/mol. The highest BCUT2D eigenvalue weighted by Crippen LogP contribution is 2.27. The van der Waals surface area contributed by atoms with Crippen LogP contribution in [0.1, 0.15) is 31.7 Å². The SMILES string of the molecule is CCCCCn1cc(-c2cc(C)ccc2Br)nn1. The number of halogens is 1. The maximum Gasteiger partial charge on any atom is 0.114 e. The monoisotopic (exact) mass is 307 g/mol. The van der Waals surface area contributed by atoms with E-state index in [1.165, 1.54) is 18.4 Å². The van der Waals surface area contributed by atoms with Crippen LogP contribution in [0.15, 0.2) is 28.9 Å². The minimum atomic E-state index is 0.932. The Labute approximate surface area is 116 Å². The third-order valence-electron chi connectivity index (χ3n) is 2.93. The van der Waals surface area contributed by atoms with Crippen LogP contribution in [0.25, 0.3) is 11.3 Å². The largest absolute Gasteiger partial charge is 0.252 e. The average molecular weight is 308 g/mol. The van der Waals surface area contributed by atoms with E-state index in [0.29, 0.717) is 0 Å². The van der Waals surface area contributed by atoms with Crippen molar-refractivity contribution in [1.29, 1.82) is 0 Å². The highest BCUT2D eigenvalue weighted by molar-refractivity contribution is 9.10. The molecule has 18 heavy (non-hydrogen) atoms. The Morgan fingerprint density at radius 3 is 2.89 bits per heavy atom. The number of aromatic nitrogens is 3. The normalized spacial score (nSPS) is 10.8. The van der Waals surface area contributed by atoms with E-state index in [-0.39, 0.29) is 0 Å². The molecule has 0 aliphatic rings. The average Bonchev–Trinajstić information content (AvgIpc) is 2.81. The first-order chi connectivity index (χ1) is 8.70. The molecule has 0 fully saturated rings. The van der Waals surface area contributed by atoms with E-state index in [4.69, 9.17) is 0 Å². The van der Waals surface area contributed by atoms with Gasteiger partial charge in [-0.3, -0.25) is 4.68 Å². The molecule has 0 aliphatic carbocycles. The first kappa shape index (κ1) is 13.3. The van der Waals surface area contributed by atoms with Gasteiger partial charge >= 0.3 is 0 Å². The Kier molecular flexibility index (Phi) is 4.53. The molecule has 0 aliphatic heterocycles. The van der Waals surface area contributed by atoms with Gasteiger partial charge in [-0.05, 0) is 25.5 Å². The van der Waals surface area contributed by atoms with Crippen LogP contribution in [0.4, 0.5) is 0 Å². The summed E-state index contributed by atoms with van der Waals surface area (Å²) in [6.45, 7) is 5.24. The molecule has 0 N–H and O–H groups in total. The molecule has 0 unspecified atom stereocenters. The molecule has 0 radical (unpaired) electrons. The number of rotatable bonds is 5. The van der Waals surface area contributed by atoms with Crippen molar-refractivity contribution in [3.05, 3.63) is 34.4 Å². The minimum Gasteiger partial charge on any atom is -0.252 e. The van der Waals surface area contributed by atoms with E-state index in [0.717, 1.165) is 28.7 Å².